The molecule has 0 aliphatic heterocycles. The van der Waals surface area contributed by atoms with Crippen molar-refractivity contribution in [2.45, 2.75) is 74.4 Å². The van der Waals surface area contributed by atoms with E-state index >= 15 is 0 Å². The normalized spacial score (nSPS) is 19.4. The Morgan fingerprint density at radius 2 is 1.92 bits per heavy atom. The van der Waals surface area contributed by atoms with Crippen LogP contribution in [0.4, 0.5) is 0 Å². The number of fused-ring (bicyclic) bond motifs is 1. The summed E-state index contributed by atoms with van der Waals surface area (Å²) in [5.74, 6) is 0.0371. The Bertz CT molecular complexity index is 869. The van der Waals surface area contributed by atoms with Gasteiger partial charge in [0.15, 0.2) is 5.16 Å². The first-order valence-corrected chi connectivity index (χ1v) is 10.5. The van der Waals surface area contributed by atoms with Crippen LogP contribution >= 0.6 is 11.8 Å². The molecule has 0 unspecified atom stereocenters. The highest BCUT2D eigenvalue weighted by molar-refractivity contribution is 8.00. The van der Waals surface area contributed by atoms with Gasteiger partial charge in [-0.2, -0.15) is 0 Å². The quantitative estimate of drug-likeness (QED) is 0.643. The molecule has 1 aromatic carbocycles. The molecular formula is C20H25N3O2S. The lowest BCUT2D eigenvalue weighted by Gasteiger charge is -2.26. The molecule has 0 radical (unpaired) electrons. The molecule has 5 nitrogen and oxygen atoms in total. The van der Waals surface area contributed by atoms with Crippen molar-refractivity contribution in [2.24, 2.45) is 0 Å². The maximum atomic E-state index is 13.2. The topological polar surface area (TPSA) is 64.0 Å². The highest BCUT2D eigenvalue weighted by atomic mass is 32.2. The number of hydrogen-bond donors (Lipinski definition) is 1. The molecule has 1 aromatic heterocycles. The van der Waals surface area contributed by atoms with Gasteiger partial charge in [0.2, 0.25) is 5.91 Å². The predicted molar refractivity (Wildman–Crippen MR) is 105 cm³/mol. The van der Waals surface area contributed by atoms with E-state index in [9.17, 15) is 9.59 Å². The second kappa shape index (κ2) is 7.43. The largest absolute Gasteiger partial charge is 0.352 e. The van der Waals surface area contributed by atoms with Gasteiger partial charge >= 0.3 is 0 Å². The molecular weight excluding hydrogens is 346 g/mol. The summed E-state index contributed by atoms with van der Waals surface area (Å²) in [5.41, 5.74) is 0.738. The first-order valence-electron chi connectivity index (χ1n) is 9.62. The fraction of sp³-hybridized carbons (Fsp3) is 0.550. The van der Waals surface area contributed by atoms with Gasteiger partial charge in [0.1, 0.15) is 0 Å². The van der Waals surface area contributed by atoms with Crippen molar-refractivity contribution in [1.82, 2.24) is 14.9 Å². The van der Waals surface area contributed by atoms with Gasteiger partial charge in [-0.15, -0.1) is 0 Å². The molecule has 4 rings (SSSR count). The van der Waals surface area contributed by atoms with E-state index in [1.807, 2.05) is 35.8 Å². The van der Waals surface area contributed by atoms with Crippen molar-refractivity contribution in [1.29, 1.82) is 0 Å². The van der Waals surface area contributed by atoms with Crippen LogP contribution in [0.15, 0.2) is 34.2 Å². The van der Waals surface area contributed by atoms with E-state index in [0.717, 1.165) is 38.5 Å². The molecule has 2 aliphatic rings. The van der Waals surface area contributed by atoms with Crippen molar-refractivity contribution in [3.05, 3.63) is 34.6 Å². The third-order valence-electron chi connectivity index (χ3n) is 5.29. The lowest BCUT2D eigenvalue weighted by Crippen LogP contribution is -2.34. The molecule has 2 fully saturated rings. The van der Waals surface area contributed by atoms with Gasteiger partial charge in [-0.3, -0.25) is 14.2 Å². The zero-order valence-corrected chi connectivity index (χ0v) is 15.9. The predicted octanol–water partition coefficient (Wildman–Crippen LogP) is 3.66. The van der Waals surface area contributed by atoms with Crippen molar-refractivity contribution < 1.29 is 4.79 Å². The molecule has 2 aliphatic carbocycles. The minimum atomic E-state index is -0.265. The van der Waals surface area contributed by atoms with Crippen molar-refractivity contribution in [2.75, 3.05) is 0 Å². The molecule has 26 heavy (non-hydrogen) atoms. The molecule has 0 spiro atoms. The Morgan fingerprint density at radius 1 is 1.19 bits per heavy atom. The molecule has 0 saturated heterocycles. The van der Waals surface area contributed by atoms with E-state index in [0.29, 0.717) is 22.1 Å². The zero-order chi connectivity index (χ0) is 18.1. The standard InChI is InChI=1S/C20H25N3O2S/c1-13(18(24)21-14-11-12-14)26-20-22-17-10-6-5-9-16(17)19(25)23(20)15-7-3-2-4-8-15/h5-6,9-10,13-15H,2-4,7-8,11-12H2,1H3,(H,21,24)/t13-/m0/s1. The molecule has 1 N–H and O–H groups in total. The van der Waals surface area contributed by atoms with Crippen LogP contribution in [0.2, 0.25) is 0 Å². The number of nitrogens with zero attached hydrogens (tertiary/aromatic N) is 2. The van der Waals surface area contributed by atoms with Gasteiger partial charge in [-0.1, -0.05) is 43.2 Å². The van der Waals surface area contributed by atoms with Crippen LogP contribution in [0.1, 0.15) is 57.9 Å². The SMILES string of the molecule is C[C@H](Sc1nc2ccccc2c(=O)n1C1CCCCC1)C(=O)NC1CC1. The van der Waals surface area contributed by atoms with Crippen LogP contribution in [0.3, 0.4) is 0 Å². The fourth-order valence-electron chi connectivity index (χ4n) is 3.63. The Labute approximate surface area is 157 Å². The number of carbonyl (C=O) groups excluding carboxylic acids is 1. The Balaban J connectivity index is 1.70. The van der Waals surface area contributed by atoms with Crippen molar-refractivity contribution in [3.63, 3.8) is 0 Å². The average Bonchev–Trinajstić information content (AvgIpc) is 3.46. The molecule has 2 saturated carbocycles. The Hall–Kier alpha value is -1.82. The highest BCUT2D eigenvalue weighted by Gasteiger charge is 2.28. The fourth-order valence-corrected chi connectivity index (χ4v) is 4.62. The van der Waals surface area contributed by atoms with Crippen LogP contribution in [-0.4, -0.2) is 26.8 Å². The summed E-state index contributed by atoms with van der Waals surface area (Å²) in [7, 11) is 0. The van der Waals surface area contributed by atoms with E-state index < -0.39 is 0 Å². The van der Waals surface area contributed by atoms with Crippen molar-refractivity contribution >= 4 is 28.6 Å². The lowest BCUT2D eigenvalue weighted by molar-refractivity contribution is -0.120. The molecule has 138 valence electrons. The number of thioether (sulfide) groups is 1. The number of hydrogen-bond acceptors (Lipinski definition) is 4. The van der Waals surface area contributed by atoms with Gasteiger partial charge in [0.05, 0.1) is 16.2 Å². The zero-order valence-electron chi connectivity index (χ0n) is 15.1. The van der Waals surface area contributed by atoms with E-state index in [2.05, 4.69) is 5.32 Å². The summed E-state index contributed by atoms with van der Waals surface area (Å²) in [6, 6.07) is 8.04. The molecule has 6 heteroatoms. The lowest BCUT2D eigenvalue weighted by atomic mass is 9.95. The third-order valence-corrected chi connectivity index (χ3v) is 6.36. The summed E-state index contributed by atoms with van der Waals surface area (Å²) in [6.45, 7) is 1.90. The first kappa shape index (κ1) is 17.6. The number of rotatable bonds is 5. The van der Waals surface area contributed by atoms with E-state index in [1.54, 1.807) is 0 Å². The number of carbonyl (C=O) groups is 1. The van der Waals surface area contributed by atoms with E-state index in [-0.39, 0.29) is 22.8 Å². The Morgan fingerprint density at radius 3 is 2.65 bits per heavy atom. The number of aromatic nitrogens is 2. The maximum absolute atomic E-state index is 13.2. The summed E-state index contributed by atoms with van der Waals surface area (Å²) in [5, 5.41) is 4.13. The van der Waals surface area contributed by atoms with Crippen molar-refractivity contribution in [3.8, 4) is 0 Å². The van der Waals surface area contributed by atoms with Crippen LogP contribution in [0.5, 0.6) is 0 Å². The van der Waals surface area contributed by atoms with E-state index in [1.165, 1.54) is 18.2 Å². The van der Waals surface area contributed by atoms with Gasteiger partial charge in [-0.25, -0.2) is 4.98 Å². The summed E-state index contributed by atoms with van der Waals surface area (Å²) in [4.78, 5) is 30.4. The van der Waals surface area contributed by atoms with Crippen LogP contribution in [0.25, 0.3) is 10.9 Å². The Kier molecular flexibility index (Phi) is 5.02. The second-order valence-corrected chi connectivity index (χ2v) is 8.73. The molecule has 1 amide bonds. The monoisotopic (exact) mass is 371 g/mol. The molecule has 0 bridgehead atoms. The highest BCUT2D eigenvalue weighted by Crippen LogP contribution is 2.32. The second-order valence-electron chi connectivity index (χ2n) is 7.42. The number of para-hydroxylation sites is 1. The molecule has 2 aromatic rings. The first-order chi connectivity index (χ1) is 12.6. The smallest absolute Gasteiger partial charge is 0.262 e. The number of amides is 1. The van der Waals surface area contributed by atoms with Gasteiger partial charge in [0, 0.05) is 12.1 Å². The van der Waals surface area contributed by atoms with Gasteiger partial charge in [0.25, 0.3) is 5.56 Å². The number of nitrogens with one attached hydrogen (secondary N) is 1. The van der Waals surface area contributed by atoms with Crippen LogP contribution < -0.4 is 10.9 Å². The summed E-state index contributed by atoms with van der Waals surface area (Å²) in [6.07, 6.45) is 7.69. The van der Waals surface area contributed by atoms with Crippen LogP contribution in [-0.2, 0) is 4.79 Å². The van der Waals surface area contributed by atoms with Gasteiger partial charge in [-0.05, 0) is 44.7 Å². The van der Waals surface area contributed by atoms with Gasteiger partial charge < -0.3 is 5.32 Å². The minimum absolute atomic E-state index is 0.0276. The minimum Gasteiger partial charge on any atom is -0.352 e. The summed E-state index contributed by atoms with van der Waals surface area (Å²) >= 11 is 1.41. The number of benzene rings is 1. The average molecular weight is 372 g/mol. The molecule has 1 atom stereocenters. The maximum Gasteiger partial charge on any atom is 0.262 e. The molecule has 1 heterocycles. The summed E-state index contributed by atoms with van der Waals surface area (Å²) < 4.78 is 1.87. The third kappa shape index (κ3) is 3.65. The van der Waals surface area contributed by atoms with Crippen LogP contribution in [0, 0.1) is 0 Å². The van der Waals surface area contributed by atoms with E-state index in [4.69, 9.17) is 4.98 Å².